The number of aromatic nitrogens is 1. The fourth-order valence-corrected chi connectivity index (χ4v) is 2.40. The lowest BCUT2D eigenvalue weighted by Crippen LogP contribution is -2.02. The number of methoxy groups -OCH3 is 1. The van der Waals surface area contributed by atoms with Gasteiger partial charge in [-0.3, -0.25) is 0 Å². The maximum Gasteiger partial charge on any atom is 0.165 e. The number of benzene rings is 2. The van der Waals surface area contributed by atoms with Crippen molar-refractivity contribution in [3.8, 4) is 11.8 Å². The summed E-state index contributed by atoms with van der Waals surface area (Å²) in [6.07, 6.45) is 0. The largest absolute Gasteiger partial charge is 0.494 e. The molecule has 1 aromatic heterocycles. The molecule has 0 amide bonds. The Morgan fingerprint density at radius 1 is 1.22 bits per heavy atom. The van der Waals surface area contributed by atoms with Gasteiger partial charge in [0.25, 0.3) is 0 Å². The molecule has 0 aliphatic heterocycles. The maximum absolute atomic E-state index is 13.7. The molecule has 2 aromatic carbocycles. The molecular weight excluding hydrogens is 293 g/mol. The van der Waals surface area contributed by atoms with Gasteiger partial charge in [0.1, 0.15) is 11.8 Å². The second-order valence-corrected chi connectivity index (χ2v) is 5.01. The minimum Gasteiger partial charge on any atom is -0.494 e. The number of hydrogen-bond donors (Lipinski definition) is 1. The highest BCUT2D eigenvalue weighted by atomic mass is 19.1. The number of nitrogens with one attached hydrogen (secondary N) is 1. The third kappa shape index (κ3) is 3.06. The summed E-state index contributed by atoms with van der Waals surface area (Å²) in [5, 5.41) is 13.3. The molecule has 0 saturated carbocycles. The molecule has 0 aliphatic carbocycles. The summed E-state index contributed by atoms with van der Waals surface area (Å²) in [4.78, 5) is 4.27. The molecular formula is C18H14FN3O. The van der Waals surface area contributed by atoms with Crippen LogP contribution in [-0.2, 0) is 6.54 Å². The van der Waals surface area contributed by atoms with Gasteiger partial charge in [-0.2, -0.15) is 5.26 Å². The standard InChI is InChI=1S/C18H14FN3O/c1-23-18-7-6-12(8-15(18)19)11-21-17-9-13(10-20)22-16-5-3-2-4-14(16)17/h2-9H,11H2,1H3,(H,21,22). The van der Waals surface area contributed by atoms with Crippen molar-refractivity contribution in [1.29, 1.82) is 5.26 Å². The third-order valence-electron chi connectivity index (χ3n) is 3.53. The first-order chi connectivity index (χ1) is 11.2. The lowest BCUT2D eigenvalue weighted by molar-refractivity contribution is 0.386. The topological polar surface area (TPSA) is 57.9 Å². The van der Waals surface area contributed by atoms with E-state index in [1.165, 1.54) is 13.2 Å². The molecule has 0 aliphatic rings. The summed E-state index contributed by atoms with van der Waals surface area (Å²) in [5.74, 6) is -0.182. The van der Waals surface area contributed by atoms with Crippen LogP contribution in [0.1, 0.15) is 11.3 Å². The molecule has 0 fully saturated rings. The van der Waals surface area contributed by atoms with E-state index in [9.17, 15) is 4.39 Å². The molecule has 0 saturated heterocycles. The second-order valence-electron chi connectivity index (χ2n) is 5.01. The summed E-state index contributed by atoms with van der Waals surface area (Å²) < 4.78 is 18.7. The van der Waals surface area contributed by atoms with Crippen LogP contribution in [0.25, 0.3) is 10.9 Å². The molecule has 0 radical (unpaired) electrons. The van der Waals surface area contributed by atoms with Crippen molar-refractivity contribution >= 4 is 16.6 Å². The monoisotopic (exact) mass is 307 g/mol. The first-order valence-corrected chi connectivity index (χ1v) is 7.07. The molecule has 0 spiro atoms. The Morgan fingerprint density at radius 3 is 2.78 bits per heavy atom. The molecule has 4 nitrogen and oxygen atoms in total. The van der Waals surface area contributed by atoms with Crippen molar-refractivity contribution in [2.75, 3.05) is 12.4 Å². The van der Waals surface area contributed by atoms with Gasteiger partial charge < -0.3 is 10.1 Å². The maximum atomic E-state index is 13.7. The highest BCUT2D eigenvalue weighted by Gasteiger charge is 2.07. The van der Waals surface area contributed by atoms with Crippen molar-refractivity contribution in [2.24, 2.45) is 0 Å². The summed E-state index contributed by atoms with van der Waals surface area (Å²) in [6, 6.07) is 16.1. The molecule has 3 aromatic rings. The van der Waals surface area contributed by atoms with E-state index >= 15 is 0 Å². The Balaban J connectivity index is 1.90. The van der Waals surface area contributed by atoms with E-state index in [0.29, 0.717) is 12.2 Å². The fourth-order valence-electron chi connectivity index (χ4n) is 2.40. The van der Waals surface area contributed by atoms with Crippen LogP contribution in [0.4, 0.5) is 10.1 Å². The van der Waals surface area contributed by atoms with Gasteiger partial charge >= 0.3 is 0 Å². The number of nitrogens with zero attached hydrogens (tertiary/aromatic N) is 2. The number of fused-ring (bicyclic) bond motifs is 1. The van der Waals surface area contributed by atoms with Crippen molar-refractivity contribution in [1.82, 2.24) is 4.98 Å². The van der Waals surface area contributed by atoms with Gasteiger partial charge in [0.05, 0.1) is 12.6 Å². The number of halogens is 1. The molecule has 0 atom stereocenters. The number of para-hydroxylation sites is 1. The van der Waals surface area contributed by atoms with Crippen LogP contribution in [0.15, 0.2) is 48.5 Å². The van der Waals surface area contributed by atoms with E-state index in [1.54, 1.807) is 18.2 Å². The number of nitriles is 1. The lowest BCUT2D eigenvalue weighted by atomic mass is 10.1. The summed E-state index contributed by atoms with van der Waals surface area (Å²) in [5.41, 5.74) is 2.66. The molecule has 0 bridgehead atoms. The second kappa shape index (κ2) is 6.32. The Morgan fingerprint density at radius 2 is 2.04 bits per heavy atom. The van der Waals surface area contributed by atoms with Crippen molar-refractivity contribution in [3.05, 3.63) is 65.6 Å². The van der Waals surface area contributed by atoms with Crippen LogP contribution in [0.2, 0.25) is 0 Å². The first kappa shape index (κ1) is 14.8. The van der Waals surface area contributed by atoms with Crippen LogP contribution >= 0.6 is 0 Å². The number of ether oxygens (including phenoxy) is 1. The van der Waals surface area contributed by atoms with Crippen LogP contribution < -0.4 is 10.1 Å². The van der Waals surface area contributed by atoms with E-state index in [-0.39, 0.29) is 5.75 Å². The van der Waals surface area contributed by atoms with E-state index in [4.69, 9.17) is 10.00 Å². The Bertz CT molecular complexity index is 902. The highest BCUT2D eigenvalue weighted by molar-refractivity contribution is 5.91. The van der Waals surface area contributed by atoms with Gasteiger partial charge in [0.2, 0.25) is 0 Å². The zero-order chi connectivity index (χ0) is 16.2. The van der Waals surface area contributed by atoms with E-state index < -0.39 is 5.82 Å². The van der Waals surface area contributed by atoms with Crippen molar-refractivity contribution in [3.63, 3.8) is 0 Å². The van der Waals surface area contributed by atoms with E-state index in [0.717, 1.165) is 22.2 Å². The highest BCUT2D eigenvalue weighted by Crippen LogP contribution is 2.24. The quantitative estimate of drug-likeness (QED) is 0.795. The average Bonchev–Trinajstić information content (AvgIpc) is 2.59. The number of anilines is 1. The number of pyridine rings is 1. The predicted molar refractivity (Wildman–Crippen MR) is 86.7 cm³/mol. The summed E-state index contributed by atoms with van der Waals surface area (Å²) in [6.45, 7) is 0.430. The number of rotatable bonds is 4. The minimum absolute atomic E-state index is 0.217. The van der Waals surface area contributed by atoms with Crippen LogP contribution in [0.5, 0.6) is 5.75 Å². The number of hydrogen-bond acceptors (Lipinski definition) is 4. The van der Waals surface area contributed by atoms with Gasteiger partial charge in [-0.15, -0.1) is 0 Å². The average molecular weight is 307 g/mol. The zero-order valence-corrected chi connectivity index (χ0v) is 12.5. The van der Waals surface area contributed by atoms with Crippen LogP contribution in [0, 0.1) is 17.1 Å². The third-order valence-corrected chi connectivity index (χ3v) is 3.53. The fraction of sp³-hybridized carbons (Fsp3) is 0.111. The summed E-state index contributed by atoms with van der Waals surface area (Å²) in [7, 11) is 1.43. The van der Waals surface area contributed by atoms with Gasteiger partial charge in [-0.05, 0) is 29.8 Å². The predicted octanol–water partition coefficient (Wildman–Crippen LogP) is 3.87. The minimum atomic E-state index is -0.399. The van der Waals surface area contributed by atoms with Crippen LogP contribution in [-0.4, -0.2) is 12.1 Å². The van der Waals surface area contributed by atoms with Crippen molar-refractivity contribution in [2.45, 2.75) is 6.54 Å². The Hall–Kier alpha value is -3.13. The molecule has 3 rings (SSSR count). The molecule has 114 valence electrons. The smallest absolute Gasteiger partial charge is 0.165 e. The zero-order valence-electron chi connectivity index (χ0n) is 12.5. The van der Waals surface area contributed by atoms with E-state index in [2.05, 4.69) is 16.4 Å². The van der Waals surface area contributed by atoms with Crippen molar-refractivity contribution < 1.29 is 9.13 Å². The lowest BCUT2D eigenvalue weighted by Gasteiger charge is -2.11. The summed E-state index contributed by atoms with van der Waals surface area (Å²) >= 11 is 0. The molecule has 5 heteroatoms. The molecule has 1 heterocycles. The van der Waals surface area contributed by atoms with E-state index in [1.807, 2.05) is 24.3 Å². The van der Waals surface area contributed by atoms with Crippen LogP contribution in [0.3, 0.4) is 0 Å². The van der Waals surface area contributed by atoms with Gasteiger partial charge in [0, 0.05) is 17.6 Å². The van der Waals surface area contributed by atoms with Gasteiger partial charge in [-0.25, -0.2) is 9.37 Å². The SMILES string of the molecule is COc1ccc(CNc2cc(C#N)nc3ccccc23)cc1F. The molecule has 0 unspecified atom stereocenters. The Labute approximate surface area is 133 Å². The van der Waals surface area contributed by atoms with Gasteiger partial charge in [-0.1, -0.05) is 24.3 Å². The normalized spacial score (nSPS) is 10.3. The first-order valence-electron chi connectivity index (χ1n) is 7.07. The Kier molecular flexibility index (Phi) is 4.07. The molecule has 1 N–H and O–H groups in total. The molecule has 23 heavy (non-hydrogen) atoms. The van der Waals surface area contributed by atoms with Gasteiger partial charge in [0.15, 0.2) is 11.6 Å².